The first-order valence-corrected chi connectivity index (χ1v) is 9.21. The lowest BCUT2D eigenvalue weighted by molar-refractivity contribution is 0.408. The predicted molar refractivity (Wildman–Crippen MR) is 84.1 cm³/mol. The highest BCUT2D eigenvalue weighted by molar-refractivity contribution is 9.10. The van der Waals surface area contributed by atoms with Crippen LogP contribution < -0.4 is 5.32 Å². The van der Waals surface area contributed by atoms with Crippen LogP contribution in [0.2, 0.25) is 0 Å². The molecule has 1 saturated heterocycles. The molecule has 1 heterocycles. The van der Waals surface area contributed by atoms with E-state index >= 15 is 0 Å². The summed E-state index contributed by atoms with van der Waals surface area (Å²) in [6.45, 7) is 6.27. The molecule has 0 aliphatic carbocycles. The van der Waals surface area contributed by atoms with E-state index in [9.17, 15) is 8.42 Å². The summed E-state index contributed by atoms with van der Waals surface area (Å²) >= 11 is 3.41. The Morgan fingerprint density at radius 3 is 2.75 bits per heavy atom. The van der Waals surface area contributed by atoms with Crippen LogP contribution in [0.25, 0.3) is 0 Å². The van der Waals surface area contributed by atoms with Crippen molar-refractivity contribution >= 4 is 26.0 Å². The molecular weight excluding hydrogens is 340 g/mol. The van der Waals surface area contributed by atoms with Gasteiger partial charge in [0, 0.05) is 23.6 Å². The predicted octanol–water partition coefficient (Wildman–Crippen LogP) is 2.73. The summed E-state index contributed by atoms with van der Waals surface area (Å²) in [5, 5.41) is 3.23. The Labute approximate surface area is 129 Å². The topological polar surface area (TPSA) is 49.4 Å². The van der Waals surface area contributed by atoms with E-state index in [4.69, 9.17) is 0 Å². The largest absolute Gasteiger partial charge is 0.313 e. The quantitative estimate of drug-likeness (QED) is 0.877. The van der Waals surface area contributed by atoms with Crippen LogP contribution in [-0.4, -0.2) is 31.9 Å². The Morgan fingerprint density at radius 1 is 1.45 bits per heavy atom. The highest BCUT2D eigenvalue weighted by atomic mass is 79.9. The van der Waals surface area contributed by atoms with Gasteiger partial charge in [0.25, 0.3) is 0 Å². The molecule has 20 heavy (non-hydrogen) atoms. The van der Waals surface area contributed by atoms with E-state index in [1.165, 1.54) is 0 Å². The molecule has 1 fully saturated rings. The second kappa shape index (κ2) is 6.56. The molecule has 0 aromatic heterocycles. The third-order valence-electron chi connectivity index (χ3n) is 3.65. The van der Waals surface area contributed by atoms with Crippen LogP contribution >= 0.6 is 15.9 Å². The molecule has 1 unspecified atom stereocenters. The van der Waals surface area contributed by atoms with Crippen molar-refractivity contribution < 1.29 is 8.42 Å². The second-order valence-corrected chi connectivity index (χ2v) is 7.87. The zero-order chi connectivity index (χ0) is 14.8. The lowest BCUT2D eigenvalue weighted by atomic mass is 10.2. The zero-order valence-corrected chi connectivity index (χ0v) is 14.3. The molecular formula is C14H21BrN2O2S. The molecule has 0 spiro atoms. The third-order valence-corrected chi connectivity index (χ3v) is 6.64. The van der Waals surface area contributed by atoms with Crippen molar-refractivity contribution in [2.45, 2.75) is 44.2 Å². The Morgan fingerprint density at radius 2 is 2.20 bits per heavy atom. The van der Waals surface area contributed by atoms with Gasteiger partial charge in [-0.15, -0.1) is 0 Å². The first kappa shape index (κ1) is 15.9. The molecule has 1 N–H and O–H groups in total. The van der Waals surface area contributed by atoms with Gasteiger partial charge in [-0.1, -0.05) is 13.0 Å². The highest BCUT2D eigenvalue weighted by Crippen LogP contribution is 2.30. The van der Waals surface area contributed by atoms with Gasteiger partial charge >= 0.3 is 0 Å². The summed E-state index contributed by atoms with van der Waals surface area (Å²) in [4.78, 5) is 0.367. The van der Waals surface area contributed by atoms with Crippen molar-refractivity contribution in [3.8, 4) is 0 Å². The van der Waals surface area contributed by atoms with E-state index in [-0.39, 0.29) is 6.04 Å². The number of hydrogen-bond donors (Lipinski definition) is 1. The van der Waals surface area contributed by atoms with E-state index in [1.807, 2.05) is 26.0 Å². The summed E-state index contributed by atoms with van der Waals surface area (Å²) in [6.07, 6.45) is 1.88. The van der Waals surface area contributed by atoms with Crippen LogP contribution in [0.1, 0.15) is 32.3 Å². The van der Waals surface area contributed by atoms with Crippen LogP contribution in [0.4, 0.5) is 0 Å². The maximum atomic E-state index is 12.7. The van der Waals surface area contributed by atoms with Crippen molar-refractivity contribution in [1.82, 2.24) is 9.62 Å². The average molecular weight is 361 g/mol. The Balaban J connectivity index is 2.28. The number of sulfonamides is 1. The Kier molecular flexibility index (Phi) is 5.23. The van der Waals surface area contributed by atoms with E-state index in [1.54, 1.807) is 10.4 Å². The Bertz CT molecular complexity index is 575. The lowest BCUT2D eigenvalue weighted by Crippen LogP contribution is -2.33. The fourth-order valence-electron chi connectivity index (χ4n) is 2.52. The number of nitrogens with one attached hydrogen (secondary N) is 1. The lowest BCUT2D eigenvalue weighted by Gasteiger charge is -2.21. The van der Waals surface area contributed by atoms with Gasteiger partial charge in [-0.25, -0.2) is 8.42 Å². The minimum Gasteiger partial charge on any atom is -0.313 e. The molecule has 112 valence electrons. The fourth-order valence-corrected chi connectivity index (χ4v) is 5.31. The van der Waals surface area contributed by atoms with Crippen molar-refractivity contribution in [2.75, 3.05) is 13.1 Å². The highest BCUT2D eigenvalue weighted by Gasteiger charge is 2.33. The first-order chi connectivity index (χ1) is 9.46. The molecule has 0 bridgehead atoms. The van der Waals surface area contributed by atoms with Gasteiger partial charge < -0.3 is 5.32 Å². The molecule has 4 nitrogen and oxygen atoms in total. The molecule has 0 radical (unpaired) electrons. The van der Waals surface area contributed by atoms with Gasteiger partial charge in [0.15, 0.2) is 0 Å². The molecule has 1 aliphatic heterocycles. The van der Waals surface area contributed by atoms with E-state index < -0.39 is 10.0 Å². The fraction of sp³-hybridized carbons (Fsp3) is 0.571. The van der Waals surface area contributed by atoms with Gasteiger partial charge in [0.05, 0.1) is 4.90 Å². The van der Waals surface area contributed by atoms with Crippen LogP contribution in [0.15, 0.2) is 27.6 Å². The summed E-state index contributed by atoms with van der Waals surface area (Å²) < 4.78 is 27.6. The zero-order valence-electron chi connectivity index (χ0n) is 11.9. The van der Waals surface area contributed by atoms with Gasteiger partial charge in [0.2, 0.25) is 10.0 Å². The molecule has 1 aromatic rings. The van der Waals surface area contributed by atoms with Gasteiger partial charge in [-0.3, -0.25) is 0 Å². The van der Waals surface area contributed by atoms with Crippen LogP contribution in [0.5, 0.6) is 0 Å². The van der Waals surface area contributed by atoms with Crippen molar-refractivity contribution in [3.63, 3.8) is 0 Å². The Hall–Kier alpha value is -0.430. The van der Waals surface area contributed by atoms with Gasteiger partial charge in [0.1, 0.15) is 0 Å². The first-order valence-electron chi connectivity index (χ1n) is 6.97. The summed E-state index contributed by atoms with van der Waals surface area (Å²) in [6, 6.07) is 5.56. The molecule has 6 heteroatoms. The third kappa shape index (κ3) is 3.24. The van der Waals surface area contributed by atoms with E-state index in [0.29, 0.717) is 15.9 Å². The summed E-state index contributed by atoms with van der Waals surface area (Å²) in [5.74, 6) is 0. The SMILES string of the molecule is CCNCc1ccc(S(=O)(=O)N2CCCC2C)c(Br)c1. The standard InChI is InChI=1S/C14H21BrN2O2S/c1-3-16-10-12-6-7-14(13(15)9-12)20(18,19)17-8-4-5-11(17)2/h6-7,9,11,16H,3-5,8,10H2,1-2H3. The molecule has 0 saturated carbocycles. The summed E-state index contributed by atoms with van der Waals surface area (Å²) in [7, 11) is -3.39. The molecule has 1 aromatic carbocycles. The van der Waals surface area contributed by atoms with Crippen molar-refractivity contribution in [1.29, 1.82) is 0 Å². The molecule has 1 atom stereocenters. The van der Waals surface area contributed by atoms with Crippen LogP contribution in [0.3, 0.4) is 0 Å². The van der Waals surface area contributed by atoms with Crippen molar-refractivity contribution in [3.05, 3.63) is 28.2 Å². The van der Waals surface area contributed by atoms with Crippen LogP contribution in [0, 0.1) is 0 Å². The van der Waals surface area contributed by atoms with Crippen molar-refractivity contribution in [2.24, 2.45) is 0 Å². The molecule has 1 aliphatic rings. The maximum absolute atomic E-state index is 12.7. The number of rotatable bonds is 5. The molecule has 0 amide bonds. The smallest absolute Gasteiger partial charge is 0.244 e. The van der Waals surface area contributed by atoms with E-state index in [2.05, 4.69) is 21.2 Å². The molecule has 2 rings (SSSR count). The normalized spacial score (nSPS) is 20.4. The maximum Gasteiger partial charge on any atom is 0.244 e. The van der Waals surface area contributed by atoms with Crippen LogP contribution in [-0.2, 0) is 16.6 Å². The number of halogens is 1. The minimum absolute atomic E-state index is 0.0911. The minimum atomic E-state index is -3.39. The van der Waals surface area contributed by atoms with Gasteiger partial charge in [-0.2, -0.15) is 4.31 Å². The summed E-state index contributed by atoms with van der Waals surface area (Å²) in [5.41, 5.74) is 1.08. The second-order valence-electron chi connectivity index (χ2n) is 5.15. The number of benzene rings is 1. The number of nitrogens with zero attached hydrogens (tertiary/aromatic N) is 1. The monoisotopic (exact) mass is 360 g/mol. The van der Waals surface area contributed by atoms with Gasteiger partial charge in [-0.05, 0) is 59.9 Å². The van der Waals surface area contributed by atoms with E-state index in [0.717, 1.165) is 31.5 Å². The number of hydrogen-bond acceptors (Lipinski definition) is 3. The average Bonchev–Trinajstić information content (AvgIpc) is 2.83.